The maximum Gasteiger partial charge on any atom is 0.262 e. The van der Waals surface area contributed by atoms with E-state index in [1.165, 1.54) is 5.56 Å². The number of anilines is 1. The third-order valence-electron chi connectivity index (χ3n) is 4.07. The standard InChI is InChI=1S/C23H20Br2N2O2/c1-15-6-8-18(9-7-15)26-13-17-11-20(24)23(21(25)12-17)29-14-22(28)27-19-5-3-4-16(2)10-19/h3-13H,14H2,1-2H3,(H,27,28). The van der Waals surface area contributed by atoms with Crippen LogP contribution in [-0.2, 0) is 4.79 Å². The molecule has 0 aliphatic rings. The van der Waals surface area contributed by atoms with Gasteiger partial charge in [-0.15, -0.1) is 0 Å². The number of aliphatic imine (C=N–C) groups is 1. The van der Waals surface area contributed by atoms with Crippen molar-refractivity contribution >= 4 is 55.4 Å². The highest BCUT2D eigenvalue weighted by molar-refractivity contribution is 9.11. The second kappa shape index (κ2) is 9.85. The predicted molar refractivity (Wildman–Crippen MR) is 126 cm³/mol. The Morgan fingerprint density at radius 1 is 1.00 bits per heavy atom. The molecule has 0 atom stereocenters. The molecule has 0 heterocycles. The Bertz CT molecular complexity index is 1020. The molecule has 148 valence electrons. The van der Waals surface area contributed by atoms with Gasteiger partial charge in [0.15, 0.2) is 6.61 Å². The number of nitrogens with zero attached hydrogens (tertiary/aromatic N) is 1. The fraction of sp³-hybridized carbons (Fsp3) is 0.130. The first-order chi connectivity index (χ1) is 13.9. The average Bonchev–Trinajstić information content (AvgIpc) is 2.67. The van der Waals surface area contributed by atoms with Crippen molar-refractivity contribution in [3.63, 3.8) is 0 Å². The lowest BCUT2D eigenvalue weighted by Gasteiger charge is -2.12. The van der Waals surface area contributed by atoms with E-state index in [0.717, 1.165) is 31.4 Å². The van der Waals surface area contributed by atoms with Crippen LogP contribution in [0, 0.1) is 13.8 Å². The summed E-state index contributed by atoms with van der Waals surface area (Å²) in [6, 6.07) is 19.4. The average molecular weight is 516 g/mol. The quantitative estimate of drug-likeness (QED) is 0.376. The summed E-state index contributed by atoms with van der Waals surface area (Å²) in [6.07, 6.45) is 1.79. The van der Waals surface area contributed by atoms with Crippen molar-refractivity contribution in [2.45, 2.75) is 13.8 Å². The number of hydrogen-bond acceptors (Lipinski definition) is 3. The van der Waals surface area contributed by atoms with Crippen molar-refractivity contribution in [2.24, 2.45) is 4.99 Å². The van der Waals surface area contributed by atoms with Crippen LogP contribution in [0.15, 0.2) is 74.6 Å². The molecule has 3 aromatic rings. The fourth-order valence-electron chi connectivity index (χ4n) is 2.63. The lowest BCUT2D eigenvalue weighted by atomic mass is 10.2. The minimum absolute atomic E-state index is 0.0953. The molecule has 0 fully saturated rings. The second-order valence-electron chi connectivity index (χ2n) is 6.61. The van der Waals surface area contributed by atoms with E-state index in [-0.39, 0.29) is 12.5 Å². The Balaban J connectivity index is 1.64. The third-order valence-corrected chi connectivity index (χ3v) is 5.24. The van der Waals surface area contributed by atoms with Crippen molar-refractivity contribution in [3.8, 4) is 5.75 Å². The predicted octanol–water partition coefficient (Wildman–Crippen LogP) is 6.60. The molecule has 6 heteroatoms. The van der Waals surface area contributed by atoms with E-state index in [1.54, 1.807) is 6.21 Å². The molecule has 3 aromatic carbocycles. The van der Waals surface area contributed by atoms with Crippen LogP contribution < -0.4 is 10.1 Å². The molecule has 1 N–H and O–H groups in total. The van der Waals surface area contributed by atoms with Crippen LogP contribution in [0.25, 0.3) is 0 Å². The van der Waals surface area contributed by atoms with Gasteiger partial charge in [-0.2, -0.15) is 0 Å². The number of amides is 1. The van der Waals surface area contributed by atoms with E-state index >= 15 is 0 Å². The molecule has 0 aliphatic carbocycles. The number of benzene rings is 3. The van der Waals surface area contributed by atoms with E-state index in [1.807, 2.05) is 74.5 Å². The van der Waals surface area contributed by atoms with Crippen LogP contribution in [0.3, 0.4) is 0 Å². The van der Waals surface area contributed by atoms with Gasteiger partial charge in [-0.1, -0.05) is 29.8 Å². The number of rotatable bonds is 6. The van der Waals surface area contributed by atoms with Crippen LogP contribution in [0.2, 0.25) is 0 Å². The molecule has 0 saturated heterocycles. The van der Waals surface area contributed by atoms with Gasteiger partial charge in [0, 0.05) is 11.9 Å². The molecule has 0 bridgehead atoms. The fourth-order valence-corrected chi connectivity index (χ4v) is 4.08. The van der Waals surface area contributed by atoms with Crippen LogP contribution in [0.1, 0.15) is 16.7 Å². The van der Waals surface area contributed by atoms with Crippen LogP contribution in [0.5, 0.6) is 5.75 Å². The monoisotopic (exact) mass is 514 g/mol. The maximum atomic E-state index is 12.2. The molecule has 0 radical (unpaired) electrons. The summed E-state index contributed by atoms with van der Waals surface area (Å²) in [6.45, 7) is 3.92. The largest absolute Gasteiger partial charge is 0.481 e. The first-order valence-corrected chi connectivity index (χ1v) is 10.6. The summed E-state index contributed by atoms with van der Waals surface area (Å²) in [5.74, 6) is 0.344. The Hall–Kier alpha value is -2.44. The molecular formula is C23H20Br2N2O2. The topological polar surface area (TPSA) is 50.7 Å². The summed E-state index contributed by atoms with van der Waals surface area (Å²) in [5, 5.41) is 2.83. The van der Waals surface area contributed by atoms with E-state index in [9.17, 15) is 4.79 Å². The number of hydrogen-bond donors (Lipinski definition) is 1. The molecule has 0 aromatic heterocycles. The van der Waals surface area contributed by atoms with Crippen molar-refractivity contribution in [3.05, 3.63) is 86.3 Å². The lowest BCUT2D eigenvalue weighted by Crippen LogP contribution is -2.20. The van der Waals surface area contributed by atoms with Crippen molar-refractivity contribution < 1.29 is 9.53 Å². The van der Waals surface area contributed by atoms with Gasteiger partial charge in [0.2, 0.25) is 0 Å². The molecule has 3 rings (SSSR count). The second-order valence-corrected chi connectivity index (χ2v) is 8.32. The number of ether oxygens (including phenoxy) is 1. The Kier molecular flexibility index (Phi) is 7.23. The summed E-state index contributed by atoms with van der Waals surface area (Å²) in [5.41, 5.74) is 4.82. The van der Waals surface area contributed by atoms with Gasteiger partial charge in [0.25, 0.3) is 5.91 Å². The van der Waals surface area contributed by atoms with Crippen molar-refractivity contribution in [1.29, 1.82) is 0 Å². The first-order valence-electron chi connectivity index (χ1n) is 9.00. The van der Waals surface area contributed by atoms with E-state index in [2.05, 4.69) is 42.2 Å². The molecule has 29 heavy (non-hydrogen) atoms. The third kappa shape index (κ3) is 6.27. The highest BCUT2D eigenvalue weighted by Crippen LogP contribution is 2.34. The Morgan fingerprint density at radius 2 is 1.69 bits per heavy atom. The minimum Gasteiger partial charge on any atom is -0.481 e. The zero-order valence-electron chi connectivity index (χ0n) is 16.1. The number of aryl methyl sites for hydroxylation is 2. The van der Waals surface area contributed by atoms with Gasteiger partial charge >= 0.3 is 0 Å². The van der Waals surface area contributed by atoms with E-state index < -0.39 is 0 Å². The van der Waals surface area contributed by atoms with Gasteiger partial charge in [0.05, 0.1) is 14.6 Å². The zero-order valence-corrected chi connectivity index (χ0v) is 19.2. The normalized spacial score (nSPS) is 10.9. The summed E-state index contributed by atoms with van der Waals surface area (Å²) in [7, 11) is 0. The molecule has 0 saturated carbocycles. The van der Waals surface area contributed by atoms with Gasteiger partial charge in [-0.25, -0.2) is 0 Å². The SMILES string of the molecule is Cc1ccc(N=Cc2cc(Br)c(OCC(=O)Nc3cccc(C)c3)c(Br)c2)cc1. The molecule has 0 unspecified atom stereocenters. The number of carbonyl (C=O) groups excluding carboxylic acids is 1. The molecule has 0 spiro atoms. The number of halogens is 2. The van der Waals surface area contributed by atoms with Gasteiger partial charge < -0.3 is 10.1 Å². The zero-order chi connectivity index (χ0) is 20.8. The molecular weight excluding hydrogens is 496 g/mol. The Morgan fingerprint density at radius 3 is 2.34 bits per heavy atom. The Labute approximate surface area is 187 Å². The van der Waals surface area contributed by atoms with E-state index in [0.29, 0.717) is 5.75 Å². The molecule has 1 amide bonds. The molecule has 4 nitrogen and oxygen atoms in total. The van der Waals surface area contributed by atoms with Crippen LogP contribution in [0.4, 0.5) is 11.4 Å². The summed E-state index contributed by atoms with van der Waals surface area (Å²) >= 11 is 7.02. The first kappa shape index (κ1) is 21.3. The summed E-state index contributed by atoms with van der Waals surface area (Å²) < 4.78 is 7.19. The number of carbonyl (C=O) groups is 1. The van der Waals surface area contributed by atoms with Gasteiger partial charge in [-0.05, 0) is 93.2 Å². The lowest BCUT2D eigenvalue weighted by molar-refractivity contribution is -0.118. The van der Waals surface area contributed by atoms with Gasteiger partial charge in [0.1, 0.15) is 5.75 Å². The highest BCUT2D eigenvalue weighted by atomic mass is 79.9. The summed E-state index contributed by atoms with van der Waals surface area (Å²) in [4.78, 5) is 16.7. The highest BCUT2D eigenvalue weighted by Gasteiger charge is 2.11. The minimum atomic E-state index is -0.223. The van der Waals surface area contributed by atoms with E-state index in [4.69, 9.17) is 4.74 Å². The van der Waals surface area contributed by atoms with Crippen LogP contribution >= 0.6 is 31.9 Å². The van der Waals surface area contributed by atoms with Crippen molar-refractivity contribution in [2.75, 3.05) is 11.9 Å². The van der Waals surface area contributed by atoms with Crippen LogP contribution in [-0.4, -0.2) is 18.7 Å². The molecule has 0 aliphatic heterocycles. The van der Waals surface area contributed by atoms with Gasteiger partial charge in [-0.3, -0.25) is 9.79 Å². The maximum absolute atomic E-state index is 12.2. The van der Waals surface area contributed by atoms with Crippen molar-refractivity contribution in [1.82, 2.24) is 0 Å². The number of nitrogens with one attached hydrogen (secondary N) is 1. The smallest absolute Gasteiger partial charge is 0.262 e.